The molecule has 0 aliphatic carbocycles. The second kappa shape index (κ2) is 7.80. The van der Waals surface area contributed by atoms with Crippen LogP contribution in [0, 0.1) is 6.92 Å². The van der Waals surface area contributed by atoms with E-state index in [9.17, 15) is 0 Å². The molecule has 0 bridgehead atoms. The Morgan fingerprint density at radius 1 is 1.24 bits per heavy atom. The van der Waals surface area contributed by atoms with Gasteiger partial charge in [0, 0.05) is 56.9 Å². The summed E-state index contributed by atoms with van der Waals surface area (Å²) in [6.07, 6.45) is 1.31. The summed E-state index contributed by atoms with van der Waals surface area (Å²) in [7, 11) is 0. The number of piperazine rings is 1. The summed E-state index contributed by atoms with van der Waals surface area (Å²) in [5.41, 5.74) is 2.56. The zero-order valence-electron chi connectivity index (χ0n) is 12.6. The number of halogens is 2. The van der Waals surface area contributed by atoms with E-state index in [0.29, 0.717) is 0 Å². The van der Waals surface area contributed by atoms with Crippen LogP contribution in [0.4, 0.5) is 0 Å². The molecular formula is C16H25Cl2N3. The molecule has 1 N–H and O–H groups in total. The smallest absolute Gasteiger partial charge is 0.0435 e. The van der Waals surface area contributed by atoms with Crippen molar-refractivity contribution in [1.82, 2.24) is 15.1 Å². The van der Waals surface area contributed by atoms with Crippen molar-refractivity contribution in [3.8, 4) is 0 Å². The van der Waals surface area contributed by atoms with E-state index in [4.69, 9.17) is 11.6 Å². The molecule has 21 heavy (non-hydrogen) atoms. The first-order valence-electron chi connectivity index (χ1n) is 7.64. The summed E-state index contributed by atoms with van der Waals surface area (Å²) in [6.45, 7) is 10.3. The van der Waals surface area contributed by atoms with Gasteiger partial charge in [0.2, 0.25) is 0 Å². The van der Waals surface area contributed by atoms with Crippen LogP contribution in [0.25, 0.3) is 0 Å². The molecular weight excluding hydrogens is 305 g/mol. The Kier molecular flexibility index (Phi) is 6.33. The summed E-state index contributed by atoms with van der Waals surface area (Å²) in [4.78, 5) is 5.24. The van der Waals surface area contributed by atoms with Gasteiger partial charge in [0.1, 0.15) is 0 Å². The third kappa shape index (κ3) is 4.33. The molecule has 2 aliphatic heterocycles. The SMILES string of the molecule is Cc1cc(CN2CCC(N3CCNCC3)C2)ccc1Cl.Cl. The Bertz CT molecular complexity index is 461. The number of nitrogens with zero attached hydrogens (tertiary/aromatic N) is 2. The molecule has 3 nitrogen and oxygen atoms in total. The van der Waals surface area contributed by atoms with Gasteiger partial charge < -0.3 is 5.32 Å². The highest BCUT2D eigenvalue weighted by Crippen LogP contribution is 2.21. The third-order valence-electron chi connectivity index (χ3n) is 4.54. The minimum atomic E-state index is 0. The van der Waals surface area contributed by atoms with Crippen molar-refractivity contribution in [3.05, 3.63) is 34.3 Å². The van der Waals surface area contributed by atoms with E-state index < -0.39 is 0 Å². The van der Waals surface area contributed by atoms with Crippen LogP contribution in [0.3, 0.4) is 0 Å². The van der Waals surface area contributed by atoms with Crippen LogP contribution in [0.15, 0.2) is 18.2 Å². The van der Waals surface area contributed by atoms with Crippen LogP contribution in [0.2, 0.25) is 5.02 Å². The lowest BCUT2D eigenvalue weighted by molar-refractivity contribution is 0.170. The molecule has 2 heterocycles. The molecule has 1 atom stereocenters. The van der Waals surface area contributed by atoms with Gasteiger partial charge in [-0.15, -0.1) is 12.4 Å². The molecule has 0 saturated carbocycles. The van der Waals surface area contributed by atoms with E-state index in [1.54, 1.807) is 0 Å². The van der Waals surface area contributed by atoms with E-state index in [1.807, 2.05) is 6.07 Å². The third-order valence-corrected chi connectivity index (χ3v) is 4.97. The maximum Gasteiger partial charge on any atom is 0.0435 e. The number of benzene rings is 1. The van der Waals surface area contributed by atoms with Gasteiger partial charge in [-0.25, -0.2) is 0 Å². The molecule has 1 aromatic carbocycles. The molecule has 118 valence electrons. The van der Waals surface area contributed by atoms with Gasteiger partial charge in [0.25, 0.3) is 0 Å². The van der Waals surface area contributed by atoms with Crippen LogP contribution < -0.4 is 5.32 Å². The fourth-order valence-electron chi connectivity index (χ4n) is 3.36. The highest BCUT2D eigenvalue weighted by molar-refractivity contribution is 6.31. The lowest BCUT2D eigenvalue weighted by Gasteiger charge is -2.32. The minimum Gasteiger partial charge on any atom is -0.314 e. The summed E-state index contributed by atoms with van der Waals surface area (Å²) in [6, 6.07) is 7.16. The monoisotopic (exact) mass is 329 g/mol. The van der Waals surface area contributed by atoms with Gasteiger partial charge in [-0.3, -0.25) is 9.80 Å². The Morgan fingerprint density at radius 3 is 2.71 bits per heavy atom. The molecule has 1 aromatic rings. The average molecular weight is 330 g/mol. The van der Waals surface area contributed by atoms with Crippen molar-refractivity contribution in [2.75, 3.05) is 39.3 Å². The zero-order chi connectivity index (χ0) is 13.9. The number of likely N-dealkylation sites (tertiary alicyclic amines) is 1. The maximum absolute atomic E-state index is 6.10. The maximum atomic E-state index is 6.10. The number of nitrogens with one attached hydrogen (secondary N) is 1. The Balaban J connectivity index is 0.00000161. The van der Waals surface area contributed by atoms with Crippen molar-refractivity contribution in [2.24, 2.45) is 0 Å². The molecule has 2 aliphatic rings. The van der Waals surface area contributed by atoms with Crippen LogP contribution in [-0.4, -0.2) is 55.1 Å². The number of hydrogen-bond acceptors (Lipinski definition) is 3. The van der Waals surface area contributed by atoms with E-state index >= 15 is 0 Å². The predicted octanol–water partition coefficient (Wildman–Crippen LogP) is 2.55. The van der Waals surface area contributed by atoms with Crippen molar-refractivity contribution in [2.45, 2.75) is 25.9 Å². The van der Waals surface area contributed by atoms with Crippen LogP contribution in [0.5, 0.6) is 0 Å². The van der Waals surface area contributed by atoms with Crippen LogP contribution >= 0.6 is 24.0 Å². The van der Waals surface area contributed by atoms with Crippen molar-refractivity contribution < 1.29 is 0 Å². The first-order valence-corrected chi connectivity index (χ1v) is 8.02. The van der Waals surface area contributed by atoms with Crippen LogP contribution in [-0.2, 0) is 6.54 Å². The summed E-state index contributed by atoms with van der Waals surface area (Å²) in [5, 5.41) is 4.30. The fraction of sp³-hybridized carbons (Fsp3) is 0.625. The second-order valence-electron chi connectivity index (χ2n) is 6.05. The lowest BCUT2D eigenvalue weighted by atomic mass is 10.1. The molecule has 0 aromatic heterocycles. The summed E-state index contributed by atoms with van der Waals surface area (Å²) >= 11 is 6.10. The number of rotatable bonds is 3. The van der Waals surface area contributed by atoms with E-state index in [0.717, 1.165) is 30.7 Å². The highest BCUT2D eigenvalue weighted by atomic mass is 35.5. The first-order chi connectivity index (χ1) is 9.72. The topological polar surface area (TPSA) is 18.5 Å². The number of aryl methyl sites for hydroxylation is 1. The van der Waals surface area contributed by atoms with Crippen molar-refractivity contribution in [1.29, 1.82) is 0 Å². The zero-order valence-corrected chi connectivity index (χ0v) is 14.2. The van der Waals surface area contributed by atoms with E-state index in [1.165, 1.54) is 43.7 Å². The minimum absolute atomic E-state index is 0. The lowest BCUT2D eigenvalue weighted by Crippen LogP contribution is -2.49. The summed E-state index contributed by atoms with van der Waals surface area (Å²) < 4.78 is 0. The average Bonchev–Trinajstić information content (AvgIpc) is 2.92. The highest BCUT2D eigenvalue weighted by Gasteiger charge is 2.28. The van der Waals surface area contributed by atoms with Gasteiger partial charge >= 0.3 is 0 Å². The quantitative estimate of drug-likeness (QED) is 0.919. The Labute approximate surface area is 139 Å². The Hall–Kier alpha value is -0.320. The Morgan fingerprint density at radius 2 is 2.00 bits per heavy atom. The number of hydrogen-bond donors (Lipinski definition) is 1. The van der Waals surface area contributed by atoms with Gasteiger partial charge in [0.15, 0.2) is 0 Å². The standard InChI is InChI=1S/C16H24ClN3.ClH/c1-13-10-14(2-3-16(13)17)11-19-7-4-15(12-19)20-8-5-18-6-9-20;/h2-3,10,15,18H,4-9,11-12H2,1H3;1H. The molecule has 0 radical (unpaired) electrons. The largest absolute Gasteiger partial charge is 0.314 e. The predicted molar refractivity (Wildman–Crippen MR) is 91.6 cm³/mol. The second-order valence-corrected chi connectivity index (χ2v) is 6.45. The molecule has 3 rings (SSSR count). The van der Waals surface area contributed by atoms with Crippen LogP contribution in [0.1, 0.15) is 17.5 Å². The van der Waals surface area contributed by atoms with Crippen molar-refractivity contribution in [3.63, 3.8) is 0 Å². The molecule has 5 heteroatoms. The van der Waals surface area contributed by atoms with Crippen molar-refractivity contribution >= 4 is 24.0 Å². The molecule has 0 spiro atoms. The normalized spacial score (nSPS) is 24.0. The molecule has 2 fully saturated rings. The van der Waals surface area contributed by atoms with Gasteiger partial charge in [-0.2, -0.15) is 0 Å². The van der Waals surface area contributed by atoms with Gasteiger partial charge in [-0.05, 0) is 30.5 Å². The molecule has 2 saturated heterocycles. The van der Waals surface area contributed by atoms with E-state index in [2.05, 4.69) is 34.2 Å². The van der Waals surface area contributed by atoms with Gasteiger partial charge in [-0.1, -0.05) is 23.7 Å². The first kappa shape index (κ1) is 17.0. The summed E-state index contributed by atoms with van der Waals surface area (Å²) in [5.74, 6) is 0. The molecule has 1 unspecified atom stereocenters. The fourth-order valence-corrected chi connectivity index (χ4v) is 3.48. The molecule has 0 amide bonds. The van der Waals surface area contributed by atoms with Gasteiger partial charge in [0.05, 0.1) is 0 Å². The van der Waals surface area contributed by atoms with E-state index in [-0.39, 0.29) is 12.4 Å².